The van der Waals surface area contributed by atoms with Crippen LogP contribution in [0.3, 0.4) is 0 Å². The van der Waals surface area contributed by atoms with E-state index in [9.17, 15) is 0 Å². The summed E-state index contributed by atoms with van der Waals surface area (Å²) in [6.45, 7) is 4.84. The van der Waals surface area contributed by atoms with Crippen molar-refractivity contribution < 1.29 is 0 Å². The zero-order valence-corrected chi connectivity index (χ0v) is 11.4. The fraction of sp³-hybridized carbons (Fsp3) is 0.500. The van der Waals surface area contributed by atoms with Crippen molar-refractivity contribution in [3.63, 3.8) is 0 Å². The van der Waals surface area contributed by atoms with Crippen molar-refractivity contribution in [2.75, 3.05) is 0 Å². The van der Waals surface area contributed by atoms with Gasteiger partial charge >= 0.3 is 0 Å². The first-order chi connectivity index (χ1) is 7.11. The molecule has 1 heterocycles. The zero-order valence-electron chi connectivity index (χ0n) is 8.96. The minimum atomic E-state index is 0.378. The van der Waals surface area contributed by atoms with Gasteiger partial charge in [-0.25, -0.2) is 4.99 Å². The number of nitrogens with zero attached hydrogens (tertiary/aromatic N) is 1. The van der Waals surface area contributed by atoms with Crippen LogP contribution in [0.1, 0.15) is 25.8 Å². The van der Waals surface area contributed by atoms with Gasteiger partial charge in [0, 0.05) is 6.04 Å². The number of hydrogen-bond acceptors (Lipinski definition) is 2. The molecule has 0 saturated heterocycles. The molecule has 0 aliphatic heterocycles. The molecule has 1 unspecified atom stereocenters. The minimum Gasteiger partial charge on any atom is -0.370 e. The highest BCUT2D eigenvalue weighted by Crippen LogP contribution is 2.20. The van der Waals surface area contributed by atoms with Crippen molar-refractivity contribution in [3.05, 3.63) is 20.8 Å². The molecule has 1 rings (SSSR count). The van der Waals surface area contributed by atoms with E-state index in [2.05, 4.69) is 51.5 Å². The molecule has 84 valence electrons. The molecular weight excluding hydrogens is 274 g/mol. The summed E-state index contributed by atoms with van der Waals surface area (Å²) in [4.78, 5) is 4.26. The summed E-state index contributed by atoms with van der Waals surface area (Å²) in [7, 11) is 0. The molecule has 3 nitrogen and oxygen atoms in total. The van der Waals surface area contributed by atoms with Gasteiger partial charge in [0.15, 0.2) is 5.96 Å². The topological polar surface area (TPSA) is 50.4 Å². The maximum absolute atomic E-state index is 5.74. The second-order valence-electron chi connectivity index (χ2n) is 3.41. The Hall–Kier alpha value is -0.550. The molecule has 0 aliphatic carbocycles. The number of halogens is 1. The Morgan fingerprint density at radius 1 is 1.73 bits per heavy atom. The molecular formula is C10H16BrN3S. The van der Waals surface area contributed by atoms with Crippen molar-refractivity contribution in [1.29, 1.82) is 0 Å². The molecule has 15 heavy (non-hydrogen) atoms. The Balaban J connectivity index is 2.43. The van der Waals surface area contributed by atoms with Gasteiger partial charge in [-0.15, -0.1) is 11.3 Å². The fourth-order valence-electron chi connectivity index (χ4n) is 1.01. The van der Waals surface area contributed by atoms with E-state index in [1.807, 2.05) is 0 Å². The van der Waals surface area contributed by atoms with Gasteiger partial charge < -0.3 is 11.1 Å². The third kappa shape index (κ3) is 4.66. The standard InChI is InChI=1S/C10H16BrN3S/c1-3-7(2)14-10(12)13-5-8-4-9(11)15-6-8/h4,6-7H,3,5H2,1-2H3,(H3,12,13,14). The third-order valence-electron chi connectivity index (χ3n) is 2.06. The Morgan fingerprint density at radius 2 is 2.47 bits per heavy atom. The van der Waals surface area contributed by atoms with Crippen molar-refractivity contribution >= 4 is 33.2 Å². The Bertz CT molecular complexity index is 335. The third-order valence-corrected chi connectivity index (χ3v) is 3.61. The van der Waals surface area contributed by atoms with E-state index in [0.29, 0.717) is 18.5 Å². The molecule has 0 aromatic carbocycles. The van der Waals surface area contributed by atoms with Crippen LogP contribution in [0.25, 0.3) is 0 Å². The van der Waals surface area contributed by atoms with Crippen LogP contribution < -0.4 is 11.1 Å². The van der Waals surface area contributed by atoms with Gasteiger partial charge in [-0.05, 0) is 46.3 Å². The lowest BCUT2D eigenvalue weighted by Crippen LogP contribution is -2.38. The molecule has 0 amide bonds. The number of nitrogens with two attached hydrogens (primary N) is 1. The number of hydrogen-bond donors (Lipinski definition) is 2. The number of aliphatic imine (C=N–C) groups is 1. The van der Waals surface area contributed by atoms with E-state index in [-0.39, 0.29) is 0 Å². The van der Waals surface area contributed by atoms with Crippen LogP contribution in [0.4, 0.5) is 0 Å². The smallest absolute Gasteiger partial charge is 0.189 e. The summed E-state index contributed by atoms with van der Waals surface area (Å²) >= 11 is 5.07. The first kappa shape index (κ1) is 12.5. The Labute approximate surface area is 103 Å². The number of thiophene rings is 1. The molecule has 0 aliphatic rings. The Morgan fingerprint density at radius 3 is 3.00 bits per heavy atom. The van der Waals surface area contributed by atoms with Gasteiger partial charge in [-0.3, -0.25) is 0 Å². The molecule has 1 atom stereocenters. The average Bonchev–Trinajstić information content (AvgIpc) is 2.61. The second-order valence-corrected chi connectivity index (χ2v) is 5.70. The summed E-state index contributed by atoms with van der Waals surface area (Å²) in [5.74, 6) is 0.520. The van der Waals surface area contributed by atoms with Gasteiger partial charge in [0.2, 0.25) is 0 Å². The number of guanidine groups is 1. The highest BCUT2D eigenvalue weighted by Gasteiger charge is 1.99. The molecule has 3 N–H and O–H groups in total. The van der Waals surface area contributed by atoms with E-state index in [4.69, 9.17) is 5.73 Å². The summed E-state index contributed by atoms with van der Waals surface area (Å²) in [5.41, 5.74) is 6.92. The lowest BCUT2D eigenvalue weighted by molar-refractivity contribution is 0.636. The van der Waals surface area contributed by atoms with Crippen LogP contribution >= 0.6 is 27.3 Å². The average molecular weight is 290 g/mol. The fourth-order valence-corrected chi connectivity index (χ4v) is 2.21. The molecule has 1 aromatic rings. The predicted molar refractivity (Wildman–Crippen MR) is 70.2 cm³/mol. The molecule has 1 aromatic heterocycles. The second kappa shape index (κ2) is 6.12. The largest absolute Gasteiger partial charge is 0.370 e. The lowest BCUT2D eigenvalue weighted by atomic mass is 10.3. The molecule has 0 fully saturated rings. The number of nitrogens with one attached hydrogen (secondary N) is 1. The SMILES string of the molecule is CCC(C)NC(N)=NCc1csc(Br)c1. The molecule has 0 bridgehead atoms. The molecule has 0 spiro atoms. The summed E-state index contributed by atoms with van der Waals surface area (Å²) in [5, 5.41) is 5.20. The van der Waals surface area contributed by atoms with Crippen LogP contribution in [0.2, 0.25) is 0 Å². The minimum absolute atomic E-state index is 0.378. The highest BCUT2D eigenvalue weighted by molar-refractivity contribution is 9.11. The molecule has 0 radical (unpaired) electrons. The highest BCUT2D eigenvalue weighted by atomic mass is 79.9. The van der Waals surface area contributed by atoms with Gasteiger partial charge in [0.25, 0.3) is 0 Å². The van der Waals surface area contributed by atoms with E-state index >= 15 is 0 Å². The number of rotatable bonds is 4. The maximum atomic E-state index is 5.74. The van der Waals surface area contributed by atoms with Crippen LogP contribution in [0.15, 0.2) is 20.2 Å². The monoisotopic (exact) mass is 289 g/mol. The van der Waals surface area contributed by atoms with Crippen molar-refractivity contribution in [2.24, 2.45) is 10.7 Å². The zero-order chi connectivity index (χ0) is 11.3. The van der Waals surface area contributed by atoms with Crippen LogP contribution in [-0.2, 0) is 6.54 Å². The summed E-state index contributed by atoms with van der Waals surface area (Å²) in [6.07, 6.45) is 1.04. The summed E-state index contributed by atoms with van der Waals surface area (Å²) < 4.78 is 1.13. The predicted octanol–water partition coefficient (Wildman–Crippen LogP) is 2.71. The van der Waals surface area contributed by atoms with Crippen molar-refractivity contribution in [2.45, 2.75) is 32.9 Å². The van der Waals surface area contributed by atoms with E-state index in [0.717, 1.165) is 10.2 Å². The van der Waals surface area contributed by atoms with E-state index < -0.39 is 0 Å². The maximum Gasteiger partial charge on any atom is 0.189 e. The molecule has 5 heteroatoms. The summed E-state index contributed by atoms with van der Waals surface area (Å²) in [6, 6.07) is 2.44. The Kier molecular flexibility index (Phi) is 5.11. The van der Waals surface area contributed by atoms with Crippen LogP contribution in [0.5, 0.6) is 0 Å². The quantitative estimate of drug-likeness (QED) is 0.661. The van der Waals surface area contributed by atoms with Gasteiger partial charge in [0.1, 0.15) is 0 Å². The van der Waals surface area contributed by atoms with E-state index in [1.54, 1.807) is 11.3 Å². The van der Waals surface area contributed by atoms with Crippen molar-refractivity contribution in [1.82, 2.24) is 5.32 Å². The van der Waals surface area contributed by atoms with Crippen molar-refractivity contribution in [3.8, 4) is 0 Å². The normalized spacial score (nSPS) is 13.9. The lowest BCUT2D eigenvalue weighted by Gasteiger charge is -2.11. The van der Waals surface area contributed by atoms with E-state index in [1.165, 1.54) is 5.56 Å². The van der Waals surface area contributed by atoms with Gasteiger partial charge in [-0.2, -0.15) is 0 Å². The first-order valence-corrected chi connectivity index (χ1v) is 6.58. The van der Waals surface area contributed by atoms with Crippen LogP contribution in [0, 0.1) is 0 Å². The molecule has 0 saturated carbocycles. The first-order valence-electron chi connectivity index (χ1n) is 4.91. The van der Waals surface area contributed by atoms with Gasteiger partial charge in [0.05, 0.1) is 10.3 Å². The van der Waals surface area contributed by atoms with Gasteiger partial charge in [-0.1, -0.05) is 6.92 Å². The van der Waals surface area contributed by atoms with Crippen LogP contribution in [-0.4, -0.2) is 12.0 Å².